The molecule has 3 rings (SSSR count). The SMILES string of the molecule is CCC1(OC(=O)c2ccc3cc(OC(=O)C(C)(C)CC)ccc3c2)CCCC1. The summed E-state index contributed by atoms with van der Waals surface area (Å²) in [5, 5.41) is 1.84. The highest BCUT2D eigenvalue weighted by Gasteiger charge is 2.36. The summed E-state index contributed by atoms with van der Waals surface area (Å²) in [6, 6.07) is 11.0. The highest BCUT2D eigenvalue weighted by atomic mass is 16.6. The molecule has 0 saturated heterocycles. The average molecular weight is 383 g/mol. The van der Waals surface area contributed by atoms with Gasteiger partial charge in [-0.05, 0) is 87.4 Å². The van der Waals surface area contributed by atoms with Gasteiger partial charge in [0.2, 0.25) is 0 Å². The van der Waals surface area contributed by atoms with Gasteiger partial charge < -0.3 is 9.47 Å². The Labute approximate surface area is 167 Å². The van der Waals surface area contributed by atoms with Crippen molar-refractivity contribution in [2.75, 3.05) is 0 Å². The van der Waals surface area contributed by atoms with Crippen molar-refractivity contribution in [1.29, 1.82) is 0 Å². The van der Waals surface area contributed by atoms with E-state index in [1.165, 1.54) is 0 Å². The first kappa shape index (κ1) is 20.4. The fourth-order valence-corrected chi connectivity index (χ4v) is 3.61. The third-order valence-corrected chi connectivity index (χ3v) is 6.16. The molecule has 28 heavy (non-hydrogen) atoms. The number of esters is 2. The quantitative estimate of drug-likeness (QED) is 0.450. The summed E-state index contributed by atoms with van der Waals surface area (Å²) in [4.78, 5) is 25.0. The average Bonchev–Trinajstić information content (AvgIpc) is 3.16. The third kappa shape index (κ3) is 4.21. The zero-order valence-electron chi connectivity index (χ0n) is 17.3. The van der Waals surface area contributed by atoms with Crippen molar-refractivity contribution in [3.8, 4) is 5.75 Å². The molecule has 0 N–H and O–H groups in total. The van der Waals surface area contributed by atoms with Crippen LogP contribution in [0.2, 0.25) is 0 Å². The van der Waals surface area contributed by atoms with E-state index in [0.717, 1.165) is 42.9 Å². The fraction of sp³-hybridized carbons (Fsp3) is 0.500. The van der Waals surface area contributed by atoms with E-state index in [2.05, 4.69) is 6.92 Å². The van der Waals surface area contributed by atoms with Crippen molar-refractivity contribution >= 4 is 22.7 Å². The molecule has 0 bridgehead atoms. The maximum atomic E-state index is 12.7. The lowest BCUT2D eigenvalue weighted by atomic mass is 9.91. The lowest BCUT2D eigenvalue weighted by Gasteiger charge is -2.27. The van der Waals surface area contributed by atoms with E-state index in [1.54, 1.807) is 12.1 Å². The topological polar surface area (TPSA) is 52.6 Å². The van der Waals surface area contributed by atoms with Crippen LogP contribution < -0.4 is 4.74 Å². The molecular weight excluding hydrogens is 352 g/mol. The normalized spacial score (nSPS) is 16.1. The molecule has 1 aliphatic rings. The molecule has 0 amide bonds. The van der Waals surface area contributed by atoms with E-state index in [-0.39, 0.29) is 17.5 Å². The maximum Gasteiger partial charge on any atom is 0.338 e. The van der Waals surface area contributed by atoms with Gasteiger partial charge in [-0.25, -0.2) is 4.79 Å². The fourth-order valence-electron chi connectivity index (χ4n) is 3.61. The minimum absolute atomic E-state index is 0.240. The van der Waals surface area contributed by atoms with Crippen LogP contribution in [0.5, 0.6) is 5.75 Å². The highest BCUT2D eigenvalue weighted by Crippen LogP contribution is 2.37. The summed E-state index contributed by atoms with van der Waals surface area (Å²) >= 11 is 0. The van der Waals surface area contributed by atoms with Gasteiger partial charge in [-0.3, -0.25) is 4.79 Å². The van der Waals surface area contributed by atoms with Crippen molar-refractivity contribution in [3.63, 3.8) is 0 Å². The number of rotatable bonds is 6. The predicted molar refractivity (Wildman–Crippen MR) is 111 cm³/mol. The van der Waals surface area contributed by atoms with Crippen LogP contribution in [0.25, 0.3) is 10.8 Å². The Morgan fingerprint density at radius 3 is 2.29 bits per heavy atom. The zero-order chi connectivity index (χ0) is 20.4. The number of hydrogen-bond acceptors (Lipinski definition) is 4. The maximum absolute atomic E-state index is 12.7. The first-order valence-corrected chi connectivity index (χ1v) is 10.3. The zero-order valence-corrected chi connectivity index (χ0v) is 17.3. The summed E-state index contributed by atoms with van der Waals surface area (Å²) in [7, 11) is 0. The number of benzene rings is 2. The Morgan fingerprint density at radius 2 is 1.64 bits per heavy atom. The van der Waals surface area contributed by atoms with Crippen LogP contribution in [0.1, 0.15) is 76.6 Å². The number of ether oxygens (including phenoxy) is 2. The molecule has 0 heterocycles. The highest BCUT2D eigenvalue weighted by molar-refractivity contribution is 5.96. The smallest absolute Gasteiger partial charge is 0.338 e. The largest absolute Gasteiger partial charge is 0.455 e. The van der Waals surface area contributed by atoms with Crippen molar-refractivity contribution < 1.29 is 19.1 Å². The van der Waals surface area contributed by atoms with Gasteiger partial charge in [-0.15, -0.1) is 0 Å². The lowest BCUT2D eigenvalue weighted by Crippen LogP contribution is -2.31. The molecule has 1 aliphatic carbocycles. The van der Waals surface area contributed by atoms with E-state index in [0.29, 0.717) is 17.7 Å². The molecule has 2 aromatic carbocycles. The van der Waals surface area contributed by atoms with Crippen LogP contribution in [0.15, 0.2) is 36.4 Å². The summed E-state index contributed by atoms with van der Waals surface area (Å²) < 4.78 is 11.4. The molecule has 0 atom stereocenters. The van der Waals surface area contributed by atoms with Crippen molar-refractivity contribution in [2.24, 2.45) is 5.41 Å². The minimum atomic E-state index is -0.516. The van der Waals surface area contributed by atoms with Crippen LogP contribution in [0.3, 0.4) is 0 Å². The van der Waals surface area contributed by atoms with Crippen LogP contribution in [0, 0.1) is 5.41 Å². The number of hydrogen-bond donors (Lipinski definition) is 0. The minimum Gasteiger partial charge on any atom is -0.455 e. The lowest BCUT2D eigenvalue weighted by molar-refractivity contribution is -0.144. The molecule has 0 radical (unpaired) electrons. The second-order valence-corrected chi connectivity index (χ2v) is 8.48. The molecule has 0 aromatic heterocycles. The van der Waals surface area contributed by atoms with Gasteiger partial charge in [-0.2, -0.15) is 0 Å². The summed E-state index contributed by atoms with van der Waals surface area (Å²) in [5.74, 6) is 0.0204. The van der Waals surface area contributed by atoms with Crippen molar-refractivity contribution in [2.45, 2.75) is 71.8 Å². The van der Waals surface area contributed by atoms with Gasteiger partial charge in [0.15, 0.2) is 0 Å². The molecule has 150 valence electrons. The van der Waals surface area contributed by atoms with Gasteiger partial charge in [0.1, 0.15) is 11.4 Å². The van der Waals surface area contributed by atoms with Crippen molar-refractivity contribution in [1.82, 2.24) is 0 Å². The number of fused-ring (bicyclic) bond motifs is 1. The van der Waals surface area contributed by atoms with Crippen LogP contribution in [-0.2, 0) is 9.53 Å². The van der Waals surface area contributed by atoms with Crippen molar-refractivity contribution in [3.05, 3.63) is 42.0 Å². The standard InChI is InChI=1S/C24H30O4/c1-5-23(3,4)22(26)27-20-12-11-17-15-19(10-9-18(17)16-20)21(25)28-24(6-2)13-7-8-14-24/h9-12,15-16H,5-8,13-14H2,1-4H3. The van der Waals surface area contributed by atoms with Gasteiger partial charge in [0, 0.05) is 0 Å². The number of carbonyl (C=O) groups excluding carboxylic acids is 2. The second-order valence-electron chi connectivity index (χ2n) is 8.48. The Morgan fingerprint density at radius 1 is 1.00 bits per heavy atom. The molecule has 0 spiro atoms. The Hall–Kier alpha value is -2.36. The summed E-state index contributed by atoms with van der Waals surface area (Å²) in [6.45, 7) is 7.81. The molecule has 2 aromatic rings. The first-order chi connectivity index (χ1) is 13.3. The number of carbonyl (C=O) groups is 2. The van der Waals surface area contributed by atoms with Crippen LogP contribution in [0.4, 0.5) is 0 Å². The molecule has 0 aliphatic heterocycles. The van der Waals surface area contributed by atoms with Gasteiger partial charge in [0.25, 0.3) is 0 Å². The summed E-state index contributed by atoms with van der Waals surface area (Å²) in [6.07, 6.45) is 5.71. The van der Waals surface area contributed by atoms with E-state index >= 15 is 0 Å². The molecule has 4 heteroatoms. The molecular formula is C24H30O4. The molecule has 1 fully saturated rings. The monoisotopic (exact) mass is 382 g/mol. The molecule has 0 unspecified atom stereocenters. The van der Waals surface area contributed by atoms with E-state index in [4.69, 9.17) is 9.47 Å². The van der Waals surface area contributed by atoms with Gasteiger partial charge >= 0.3 is 11.9 Å². The molecule has 4 nitrogen and oxygen atoms in total. The Kier molecular flexibility index (Phi) is 5.78. The third-order valence-electron chi connectivity index (χ3n) is 6.16. The van der Waals surface area contributed by atoms with Gasteiger partial charge in [-0.1, -0.05) is 26.0 Å². The predicted octanol–water partition coefficient (Wildman–Crippen LogP) is 6.06. The Bertz CT molecular complexity index is 875. The molecule has 1 saturated carbocycles. The first-order valence-electron chi connectivity index (χ1n) is 10.3. The summed E-state index contributed by atoms with van der Waals surface area (Å²) in [5.41, 5.74) is -0.252. The second kappa shape index (κ2) is 7.94. The van der Waals surface area contributed by atoms with Gasteiger partial charge in [0.05, 0.1) is 11.0 Å². The van der Waals surface area contributed by atoms with E-state index in [1.807, 2.05) is 45.0 Å². The van der Waals surface area contributed by atoms with E-state index < -0.39 is 5.41 Å². The van der Waals surface area contributed by atoms with E-state index in [9.17, 15) is 9.59 Å². The Balaban J connectivity index is 1.77. The van der Waals surface area contributed by atoms with Crippen LogP contribution >= 0.6 is 0 Å². The van der Waals surface area contributed by atoms with Crippen LogP contribution in [-0.4, -0.2) is 17.5 Å².